The summed E-state index contributed by atoms with van der Waals surface area (Å²) in [6, 6.07) is 6.15. The van der Waals surface area contributed by atoms with Crippen LogP contribution in [0.4, 0.5) is 0 Å². The fourth-order valence-corrected chi connectivity index (χ4v) is 1.75. The van der Waals surface area contributed by atoms with Crippen molar-refractivity contribution in [2.45, 2.75) is 33.4 Å². The van der Waals surface area contributed by atoms with Gasteiger partial charge in [-0.05, 0) is 25.0 Å². The summed E-state index contributed by atoms with van der Waals surface area (Å²) >= 11 is 0. The van der Waals surface area contributed by atoms with E-state index in [1.165, 1.54) is 0 Å². The van der Waals surface area contributed by atoms with E-state index in [1.807, 2.05) is 18.2 Å². The number of ether oxygens (including phenoxy) is 2. The third-order valence-corrected chi connectivity index (χ3v) is 3.53. The number of methoxy groups -OCH3 is 2. The van der Waals surface area contributed by atoms with Crippen molar-refractivity contribution in [1.29, 1.82) is 0 Å². The number of nitrogens with zero attached hydrogens (tertiary/aromatic N) is 1. The van der Waals surface area contributed by atoms with Crippen LogP contribution in [0.1, 0.15) is 26.3 Å². The van der Waals surface area contributed by atoms with E-state index < -0.39 is 0 Å². The molecule has 1 aromatic rings. The lowest BCUT2D eigenvalue weighted by Gasteiger charge is -2.21. The second kappa shape index (κ2) is 8.39. The number of nitrogens with one attached hydrogen (secondary N) is 2. The monoisotopic (exact) mass is 293 g/mol. The third-order valence-electron chi connectivity index (χ3n) is 3.53. The Morgan fingerprint density at radius 1 is 1.19 bits per heavy atom. The Morgan fingerprint density at radius 2 is 1.90 bits per heavy atom. The van der Waals surface area contributed by atoms with Gasteiger partial charge in [-0.25, -0.2) is 0 Å². The van der Waals surface area contributed by atoms with Crippen LogP contribution in [-0.4, -0.2) is 33.3 Å². The predicted octanol–water partition coefficient (Wildman–Crippen LogP) is 2.41. The maximum Gasteiger partial charge on any atom is 0.191 e. The number of guanidine groups is 1. The minimum Gasteiger partial charge on any atom is -0.497 e. The molecule has 0 spiro atoms. The van der Waals surface area contributed by atoms with Crippen molar-refractivity contribution in [3.8, 4) is 11.5 Å². The molecule has 5 nitrogen and oxygen atoms in total. The highest BCUT2D eigenvalue weighted by atomic mass is 16.5. The first-order valence-corrected chi connectivity index (χ1v) is 7.19. The molecular formula is C16H27N3O2. The average molecular weight is 293 g/mol. The van der Waals surface area contributed by atoms with Gasteiger partial charge in [0.25, 0.3) is 0 Å². The van der Waals surface area contributed by atoms with E-state index in [9.17, 15) is 0 Å². The van der Waals surface area contributed by atoms with E-state index in [2.05, 4.69) is 36.4 Å². The van der Waals surface area contributed by atoms with Crippen molar-refractivity contribution >= 4 is 5.96 Å². The molecule has 0 aliphatic carbocycles. The molecule has 0 aliphatic rings. The van der Waals surface area contributed by atoms with Gasteiger partial charge in [-0.3, -0.25) is 4.99 Å². The van der Waals surface area contributed by atoms with Gasteiger partial charge in [-0.2, -0.15) is 0 Å². The number of benzene rings is 1. The molecule has 118 valence electrons. The fraction of sp³-hybridized carbons (Fsp3) is 0.562. The summed E-state index contributed by atoms with van der Waals surface area (Å²) in [5.74, 6) is 2.91. The normalized spacial score (nSPS) is 13.0. The van der Waals surface area contributed by atoms with E-state index in [-0.39, 0.29) is 0 Å². The van der Waals surface area contributed by atoms with Gasteiger partial charge in [0.1, 0.15) is 11.5 Å². The number of hydrogen-bond donors (Lipinski definition) is 2. The zero-order chi connectivity index (χ0) is 15.8. The summed E-state index contributed by atoms with van der Waals surface area (Å²) in [7, 11) is 5.07. The van der Waals surface area contributed by atoms with Gasteiger partial charge >= 0.3 is 0 Å². The molecule has 21 heavy (non-hydrogen) atoms. The summed E-state index contributed by atoms with van der Waals surface area (Å²) in [5, 5.41) is 6.67. The first kappa shape index (κ1) is 17.1. The van der Waals surface area contributed by atoms with Crippen LogP contribution in [0.2, 0.25) is 0 Å². The summed E-state index contributed by atoms with van der Waals surface area (Å²) in [6.45, 7) is 7.14. The highest BCUT2D eigenvalue weighted by Crippen LogP contribution is 2.24. The molecule has 0 aliphatic heterocycles. The first-order valence-electron chi connectivity index (χ1n) is 7.19. The van der Waals surface area contributed by atoms with Gasteiger partial charge < -0.3 is 20.1 Å². The van der Waals surface area contributed by atoms with Crippen LogP contribution in [0.25, 0.3) is 0 Å². The molecule has 0 radical (unpaired) electrons. The Labute approximate surface area is 127 Å². The Hall–Kier alpha value is -1.91. The first-order chi connectivity index (χ1) is 10.0. The molecular weight excluding hydrogens is 266 g/mol. The number of aliphatic imine (C=N–C) groups is 1. The second-order valence-corrected chi connectivity index (χ2v) is 5.28. The fourth-order valence-electron chi connectivity index (χ4n) is 1.75. The van der Waals surface area contributed by atoms with E-state index in [4.69, 9.17) is 9.47 Å². The minimum atomic E-state index is 0.356. The molecule has 0 bridgehead atoms. The van der Waals surface area contributed by atoms with Crippen LogP contribution in [0, 0.1) is 5.92 Å². The highest BCUT2D eigenvalue weighted by molar-refractivity contribution is 5.80. The zero-order valence-corrected chi connectivity index (χ0v) is 13.9. The Bertz CT molecular complexity index is 473. The van der Waals surface area contributed by atoms with Gasteiger partial charge in [0.2, 0.25) is 0 Å². The molecule has 1 unspecified atom stereocenters. The molecule has 0 heterocycles. The van der Waals surface area contributed by atoms with E-state index in [0.717, 1.165) is 23.0 Å². The van der Waals surface area contributed by atoms with Crippen LogP contribution in [0.5, 0.6) is 11.5 Å². The van der Waals surface area contributed by atoms with Crippen LogP contribution >= 0.6 is 0 Å². The predicted molar refractivity (Wildman–Crippen MR) is 87.2 cm³/mol. The average Bonchev–Trinajstić information content (AvgIpc) is 2.50. The Kier molecular flexibility index (Phi) is 6.85. The van der Waals surface area contributed by atoms with Crippen LogP contribution < -0.4 is 20.1 Å². The molecule has 5 heteroatoms. The summed E-state index contributed by atoms with van der Waals surface area (Å²) in [5.41, 5.74) is 1.05. The number of rotatable bonds is 6. The largest absolute Gasteiger partial charge is 0.497 e. The van der Waals surface area contributed by atoms with Crippen LogP contribution in [0.15, 0.2) is 23.2 Å². The maximum absolute atomic E-state index is 5.39. The third kappa shape index (κ3) is 5.17. The van der Waals surface area contributed by atoms with E-state index in [0.29, 0.717) is 18.5 Å². The van der Waals surface area contributed by atoms with E-state index in [1.54, 1.807) is 21.3 Å². The van der Waals surface area contributed by atoms with Crippen molar-refractivity contribution < 1.29 is 9.47 Å². The smallest absolute Gasteiger partial charge is 0.191 e. The van der Waals surface area contributed by atoms with Gasteiger partial charge in [-0.1, -0.05) is 13.8 Å². The quantitative estimate of drug-likeness (QED) is 0.625. The molecule has 0 saturated carbocycles. The van der Waals surface area contributed by atoms with E-state index >= 15 is 0 Å². The molecule has 1 aromatic carbocycles. The molecule has 1 rings (SSSR count). The summed E-state index contributed by atoms with van der Waals surface area (Å²) in [4.78, 5) is 4.24. The van der Waals surface area contributed by atoms with Gasteiger partial charge in [0, 0.05) is 31.3 Å². The summed E-state index contributed by atoms with van der Waals surface area (Å²) < 4.78 is 10.6. The molecule has 2 N–H and O–H groups in total. The lowest BCUT2D eigenvalue weighted by Crippen LogP contribution is -2.43. The lowest BCUT2D eigenvalue weighted by molar-refractivity contribution is 0.390. The van der Waals surface area contributed by atoms with Crippen molar-refractivity contribution in [1.82, 2.24) is 10.6 Å². The number of hydrogen-bond acceptors (Lipinski definition) is 3. The van der Waals surface area contributed by atoms with Crippen molar-refractivity contribution in [2.75, 3.05) is 21.3 Å². The SMILES string of the molecule is CN=C(NCc1ccc(OC)cc1OC)NC(C)C(C)C. The molecule has 0 aromatic heterocycles. The van der Waals surface area contributed by atoms with Crippen molar-refractivity contribution in [3.05, 3.63) is 23.8 Å². The lowest BCUT2D eigenvalue weighted by atomic mass is 10.1. The maximum atomic E-state index is 5.39. The van der Waals surface area contributed by atoms with Crippen LogP contribution in [0.3, 0.4) is 0 Å². The Morgan fingerprint density at radius 3 is 2.43 bits per heavy atom. The second-order valence-electron chi connectivity index (χ2n) is 5.28. The van der Waals surface area contributed by atoms with Crippen molar-refractivity contribution in [2.24, 2.45) is 10.9 Å². The highest BCUT2D eigenvalue weighted by Gasteiger charge is 2.10. The Balaban J connectivity index is 2.69. The van der Waals surface area contributed by atoms with Gasteiger partial charge in [0.05, 0.1) is 14.2 Å². The van der Waals surface area contributed by atoms with Gasteiger partial charge in [-0.15, -0.1) is 0 Å². The zero-order valence-electron chi connectivity index (χ0n) is 13.9. The van der Waals surface area contributed by atoms with Crippen LogP contribution in [-0.2, 0) is 6.54 Å². The molecule has 0 amide bonds. The topological polar surface area (TPSA) is 54.9 Å². The molecule has 0 saturated heterocycles. The molecule has 1 atom stereocenters. The molecule has 0 fully saturated rings. The van der Waals surface area contributed by atoms with Crippen molar-refractivity contribution in [3.63, 3.8) is 0 Å². The standard InChI is InChI=1S/C16H27N3O2/c1-11(2)12(3)19-16(17-4)18-10-13-7-8-14(20-5)9-15(13)21-6/h7-9,11-12H,10H2,1-6H3,(H2,17,18,19). The minimum absolute atomic E-state index is 0.356. The summed E-state index contributed by atoms with van der Waals surface area (Å²) in [6.07, 6.45) is 0. The van der Waals surface area contributed by atoms with Gasteiger partial charge in [0.15, 0.2) is 5.96 Å².